The van der Waals surface area contributed by atoms with Gasteiger partial charge in [0, 0.05) is 50.0 Å². The van der Waals surface area contributed by atoms with Crippen LogP contribution in [-0.4, -0.2) is 49.1 Å². The normalized spacial score (nSPS) is 15.0. The second-order valence-corrected chi connectivity index (χ2v) is 6.02. The lowest BCUT2D eigenvalue weighted by atomic mass is 10.2. The number of amides is 2. The minimum absolute atomic E-state index is 0.126. The topological polar surface area (TPSA) is 44.8 Å². The molecule has 1 saturated heterocycles. The molecule has 6 heteroatoms. The average Bonchev–Trinajstić information content (AvgIpc) is 2.64. The molecular formula is C19H22FN3O2. The standard InChI is InChI=1S/C19H22FN3O2/c1-25-17-7-4-6-16(13-17)21-19(24)23-11-9-22(10-12-23)14-15-5-2-3-8-18(15)20/h2-8,13H,9-12,14H2,1H3,(H,21,24). The summed E-state index contributed by atoms with van der Waals surface area (Å²) in [6, 6.07) is 14.0. The smallest absolute Gasteiger partial charge is 0.321 e. The molecule has 1 heterocycles. The number of nitrogens with one attached hydrogen (secondary N) is 1. The quantitative estimate of drug-likeness (QED) is 0.927. The van der Waals surface area contributed by atoms with Crippen LogP contribution in [0.25, 0.3) is 0 Å². The highest BCUT2D eigenvalue weighted by atomic mass is 19.1. The molecule has 3 rings (SSSR count). The Hall–Kier alpha value is -2.60. The lowest BCUT2D eigenvalue weighted by molar-refractivity contribution is 0.142. The SMILES string of the molecule is COc1cccc(NC(=O)N2CCN(Cc3ccccc3F)CC2)c1. The number of nitrogens with zero attached hydrogens (tertiary/aromatic N) is 2. The maximum Gasteiger partial charge on any atom is 0.321 e. The van der Waals surface area contributed by atoms with Crippen molar-refractivity contribution in [3.63, 3.8) is 0 Å². The third-order valence-corrected chi connectivity index (χ3v) is 4.33. The predicted octanol–water partition coefficient (Wildman–Crippen LogP) is 3.18. The largest absolute Gasteiger partial charge is 0.497 e. The fourth-order valence-electron chi connectivity index (χ4n) is 2.88. The molecule has 5 nitrogen and oxygen atoms in total. The summed E-state index contributed by atoms with van der Waals surface area (Å²) in [5.74, 6) is 0.521. The number of methoxy groups -OCH3 is 1. The molecule has 1 N–H and O–H groups in total. The van der Waals surface area contributed by atoms with E-state index in [4.69, 9.17) is 4.74 Å². The van der Waals surface area contributed by atoms with Crippen LogP contribution in [0.5, 0.6) is 5.75 Å². The van der Waals surface area contributed by atoms with Crippen molar-refractivity contribution in [3.8, 4) is 5.75 Å². The molecular weight excluding hydrogens is 321 g/mol. The number of piperazine rings is 1. The molecule has 1 aliphatic heterocycles. The summed E-state index contributed by atoms with van der Waals surface area (Å²) >= 11 is 0. The number of anilines is 1. The summed E-state index contributed by atoms with van der Waals surface area (Å²) in [7, 11) is 1.59. The fraction of sp³-hybridized carbons (Fsp3) is 0.316. The minimum Gasteiger partial charge on any atom is -0.497 e. The van der Waals surface area contributed by atoms with Crippen molar-refractivity contribution in [2.45, 2.75) is 6.54 Å². The predicted molar refractivity (Wildman–Crippen MR) is 95.3 cm³/mol. The molecule has 0 atom stereocenters. The van der Waals surface area contributed by atoms with Crippen molar-refractivity contribution < 1.29 is 13.9 Å². The Kier molecular flexibility index (Phi) is 5.50. The number of urea groups is 1. The van der Waals surface area contributed by atoms with Gasteiger partial charge < -0.3 is 15.0 Å². The van der Waals surface area contributed by atoms with E-state index < -0.39 is 0 Å². The number of hydrogen-bond donors (Lipinski definition) is 1. The molecule has 2 aromatic rings. The van der Waals surface area contributed by atoms with Gasteiger partial charge in [-0.3, -0.25) is 4.90 Å². The van der Waals surface area contributed by atoms with Gasteiger partial charge >= 0.3 is 6.03 Å². The molecule has 0 aliphatic carbocycles. The summed E-state index contributed by atoms with van der Waals surface area (Å²) in [4.78, 5) is 16.3. The molecule has 0 radical (unpaired) electrons. The van der Waals surface area contributed by atoms with E-state index in [1.807, 2.05) is 24.3 Å². The van der Waals surface area contributed by atoms with Crippen LogP contribution in [0.1, 0.15) is 5.56 Å². The molecule has 0 unspecified atom stereocenters. The molecule has 2 amide bonds. The van der Waals surface area contributed by atoms with Gasteiger partial charge in [-0.1, -0.05) is 24.3 Å². The zero-order valence-electron chi connectivity index (χ0n) is 14.2. The molecule has 0 saturated carbocycles. The lowest BCUT2D eigenvalue weighted by Gasteiger charge is -2.34. The first kappa shape index (κ1) is 17.2. The van der Waals surface area contributed by atoms with Gasteiger partial charge in [0.15, 0.2) is 0 Å². The molecule has 25 heavy (non-hydrogen) atoms. The molecule has 0 spiro atoms. The second kappa shape index (κ2) is 7.98. The van der Waals surface area contributed by atoms with Crippen molar-refractivity contribution in [2.24, 2.45) is 0 Å². The highest BCUT2D eigenvalue weighted by molar-refractivity contribution is 5.89. The Bertz CT molecular complexity index is 730. The van der Waals surface area contributed by atoms with Crippen LogP contribution >= 0.6 is 0 Å². The van der Waals surface area contributed by atoms with Crippen LogP contribution in [0, 0.1) is 5.82 Å². The first-order chi connectivity index (χ1) is 12.2. The van der Waals surface area contributed by atoms with Crippen LogP contribution in [-0.2, 0) is 6.54 Å². The van der Waals surface area contributed by atoms with Gasteiger partial charge in [-0.2, -0.15) is 0 Å². The Labute approximate surface area is 147 Å². The van der Waals surface area contributed by atoms with Crippen molar-refractivity contribution in [3.05, 3.63) is 59.9 Å². The van der Waals surface area contributed by atoms with Crippen LogP contribution in [0.15, 0.2) is 48.5 Å². The van der Waals surface area contributed by atoms with E-state index in [1.54, 1.807) is 30.2 Å². The van der Waals surface area contributed by atoms with Crippen LogP contribution in [0.4, 0.5) is 14.9 Å². The van der Waals surface area contributed by atoms with Crippen LogP contribution < -0.4 is 10.1 Å². The number of benzene rings is 2. The summed E-state index contributed by atoms with van der Waals surface area (Å²) in [5, 5.41) is 2.89. The number of hydrogen-bond acceptors (Lipinski definition) is 3. The third-order valence-electron chi connectivity index (χ3n) is 4.33. The van der Waals surface area contributed by atoms with E-state index in [0.29, 0.717) is 36.6 Å². The average molecular weight is 343 g/mol. The fourth-order valence-corrected chi connectivity index (χ4v) is 2.88. The van der Waals surface area contributed by atoms with E-state index in [-0.39, 0.29) is 11.8 Å². The van der Waals surface area contributed by atoms with Crippen molar-refractivity contribution in [2.75, 3.05) is 38.6 Å². The van der Waals surface area contributed by atoms with E-state index in [9.17, 15) is 9.18 Å². The Morgan fingerprint density at radius 3 is 2.60 bits per heavy atom. The van der Waals surface area contributed by atoms with Gasteiger partial charge in [0.2, 0.25) is 0 Å². The Morgan fingerprint density at radius 2 is 1.88 bits per heavy atom. The molecule has 1 aliphatic rings. The highest BCUT2D eigenvalue weighted by Crippen LogP contribution is 2.18. The number of carbonyl (C=O) groups is 1. The number of rotatable bonds is 4. The third kappa shape index (κ3) is 4.48. The van der Waals surface area contributed by atoms with Crippen LogP contribution in [0.2, 0.25) is 0 Å². The van der Waals surface area contributed by atoms with Crippen molar-refractivity contribution in [1.29, 1.82) is 0 Å². The molecule has 0 aromatic heterocycles. The van der Waals surface area contributed by atoms with Gasteiger partial charge in [0.1, 0.15) is 11.6 Å². The summed E-state index contributed by atoms with van der Waals surface area (Å²) in [5.41, 5.74) is 1.40. The van der Waals surface area contributed by atoms with E-state index in [0.717, 1.165) is 13.1 Å². The molecule has 1 fully saturated rings. The maximum atomic E-state index is 13.7. The van der Waals surface area contributed by atoms with Gasteiger partial charge in [-0.25, -0.2) is 9.18 Å². The number of carbonyl (C=O) groups excluding carboxylic acids is 1. The zero-order valence-corrected chi connectivity index (χ0v) is 14.2. The highest BCUT2D eigenvalue weighted by Gasteiger charge is 2.21. The van der Waals surface area contributed by atoms with Crippen LogP contribution in [0.3, 0.4) is 0 Å². The number of ether oxygens (including phenoxy) is 1. The molecule has 2 aromatic carbocycles. The first-order valence-electron chi connectivity index (χ1n) is 8.31. The lowest BCUT2D eigenvalue weighted by Crippen LogP contribution is -2.49. The van der Waals surface area contributed by atoms with Gasteiger partial charge in [0.25, 0.3) is 0 Å². The second-order valence-electron chi connectivity index (χ2n) is 6.02. The molecule has 132 valence electrons. The van der Waals surface area contributed by atoms with Gasteiger partial charge in [0.05, 0.1) is 7.11 Å². The van der Waals surface area contributed by atoms with E-state index >= 15 is 0 Å². The summed E-state index contributed by atoms with van der Waals surface area (Å²) in [6.07, 6.45) is 0. The van der Waals surface area contributed by atoms with E-state index in [1.165, 1.54) is 6.07 Å². The Balaban J connectivity index is 1.51. The monoisotopic (exact) mass is 343 g/mol. The summed E-state index contributed by atoms with van der Waals surface area (Å²) < 4.78 is 18.9. The zero-order chi connectivity index (χ0) is 17.6. The maximum absolute atomic E-state index is 13.7. The van der Waals surface area contributed by atoms with E-state index in [2.05, 4.69) is 10.2 Å². The summed E-state index contributed by atoms with van der Waals surface area (Å²) in [6.45, 7) is 3.24. The van der Waals surface area contributed by atoms with Gasteiger partial charge in [-0.15, -0.1) is 0 Å². The molecule has 0 bridgehead atoms. The minimum atomic E-state index is -0.180. The van der Waals surface area contributed by atoms with Crippen molar-refractivity contribution >= 4 is 11.7 Å². The van der Waals surface area contributed by atoms with Crippen molar-refractivity contribution in [1.82, 2.24) is 9.80 Å². The number of halogens is 1. The Morgan fingerprint density at radius 1 is 1.12 bits per heavy atom. The van der Waals surface area contributed by atoms with Gasteiger partial charge in [-0.05, 0) is 18.2 Å². The first-order valence-corrected chi connectivity index (χ1v) is 8.31.